The molecule has 15 heteroatoms. The number of nitrogens with one attached hydrogen (secondary N) is 3. The number of hydrogen-bond donors (Lipinski definition) is 8. The smallest absolute Gasteiger partial charge is 0.326 e. The molecule has 0 aromatic heterocycles. The third-order valence-corrected chi connectivity index (χ3v) is 4.12. The molecule has 202 valence electrons. The zero-order valence-electron chi connectivity index (χ0n) is 19.8. The summed E-state index contributed by atoms with van der Waals surface area (Å²) in [6.45, 7) is 0.000265. The zero-order chi connectivity index (χ0) is 27.2. The molecule has 0 aromatic carbocycles. The summed E-state index contributed by atoms with van der Waals surface area (Å²) in [5.74, 6) is 2.18. The zero-order valence-corrected chi connectivity index (χ0v) is 19.8. The van der Waals surface area contributed by atoms with Gasteiger partial charge in [0.2, 0.25) is 5.91 Å². The van der Waals surface area contributed by atoms with Crippen LogP contribution < -0.4 is 27.5 Å². The van der Waals surface area contributed by atoms with Gasteiger partial charge in [-0.1, -0.05) is 6.42 Å². The summed E-state index contributed by atoms with van der Waals surface area (Å²) in [6.07, 6.45) is 3.91. The van der Waals surface area contributed by atoms with E-state index in [1.807, 2.05) is 0 Å². The number of carboxylic acid groups (broad SMARTS) is 3. The highest BCUT2D eigenvalue weighted by molar-refractivity contribution is 5.82. The molecule has 0 aliphatic heterocycles. The Morgan fingerprint density at radius 1 is 0.971 bits per heavy atom. The highest BCUT2D eigenvalue weighted by atomic mass is 19.1. The molecule has 0 fully saturated rings. The van der Waals surface area contributed by atoms with Gasteiger partial charge in [0.1, 0.15) is 12.6 Å². The average Bonchev–Trinajstić information content (AvgIpc) is 2.76. The fourth-order valence-electron chi connectivity index (χ4n) is 2.38. The number of unbranched alkanes of at least 4 members (excludes halogenated alkanes) is 2. The number of rotatable bonds is 17. The molecule has 0 saturated carbocycles. The van der Waals surface area contributed by atoms with E-state index in [4.69, 9.17) is 26.9 Å². The van der Waals surface area contributed by atoms with E-state index in [2.05, 4.69) is 16.0 Å². The number of carbonyl (C=O) groups is 5. The van der Waals surface area contributed by atoms with Gasteiger partial charge in [0.25, 0.3) is 0 Å². The minimum absolute atomic E-state index is 0.0363. The van der Waals surface area contributed by atoms with Crippen molar-refractivity contribution >= 4 is 29.8 Å². The van der Waals surface area contributed by atoms with E-state index in [0.29, 0.717) is 31.5 Å². The highest BCUT2D eigenvalue weighted by Crippen LogP contribution is 2.00. The lowest BCUT2D eigenvalue weighted by Gasteiger charge is -2.14. The highest BCUT2D eigenvalue weighted by Gasteiger charge is 2.20. The quantitative estimate of drug-likeness (QED) is 0.0721. The Hall–Kier alpha value is -3.62. The Morgan fingerprint density at radius 2 is 1.60 bits per heavy atom. The standard InChI is InChI=1S/C13H25FN4O3.C7H12N2O5/c14-7-4-5-11(15)9-18(16)10-12(19)17-8-3-1-2-6-13(20)21;1-8-7(14)9-4(6(12)13)2-3-5(10)11/h9H,1-8,10,15-16H2,(H,17,19)(H,20,21);4H,2-3H2,1H3,(H,10,11)(H,12,13)(H2,8,9,14)/b11-9-;. The number of halogens is 1. The summed E-state index contributed by atoms with van der Waals surface area (Å²) >= 11 is 0. The normalized spacial score (nSPS) is 11.3. The summed E-state index contributed by atoms with van der Waals surface area (Å²) in [5, 5.41) is 33.5. The van der Waals surface area contributed by atoms with E-state index < -0.39 is 36.7 Å². The number of aliphatic carboxylic acids is 3. The van der Waals surface area contributed by atoms with Crippen LogP contribution in [-0.4, -0.2) is 83.0 Å². The lowest BCUT2D eigenvalue weighted by molar-refractivity contribution is -0.141. The summed E-state index contributed by atoms with van der Waals surface area (Å²) in [5.41, 5.74) is 6.04. The van der Waals surface area contributed by atoms with Gasteiger partial charge in [0.15, 0.2) is 0 Å². The number of nitrogens with zero attached hydrogens (tertiary/aromatic N) is 1. The lowest BCUT2D eigenvalue weighted by Crippen LogP contribution is -2.45. The second-order valence-electron chi connectivity index (χ2n) is 7.27. The van der Waals surface area contributed by atoms with Gasteiger partial charge in [-0.15, -0.1) is 0 Å². The monoisotopic (exact) mass is 508 g/mol. The number of urea groups is 1. The number of hydrogen-bond acceptors (Lipinski definition) is 8. The number of amides is 3. The molecule has 0 saturated heterocycles. The predicted molar refractivity (Wildman–Crippen MR) is 123 cm³/mol. The van der Waals surface area contributed by atoms with Crippen LogP contribution in [0.5, 0.6) is 0 Å². The van der Waals surface area contributed by atoms with E-state index >= 15 is 0 Å². The Morgan fingerprint density at radius 3 is 2.11 bits per heavy atom. The topological polar surface area (TPSA) is 237 Å². The number of alkyl halides is 1. The van der Waals surface area contributed by atoms with Crippen LogP contribution in [0, 0.1) is 0 Å². The first-order chi connectivity index (χ1) is 16.4. The Bertz CT molecular complexity index is 707. The molecule has 0 radical (unpaired) electrons. The van der Waals surface area contributed by atoms with Crippen molar-refractivity contribution in [2.75, 3.05) is 26.8 Å². The van der Waals surface area contributed by atoms with Crippen molar-refractivity contribution in [3.05, 3.63) is 11.9 Å². The van der Waals surface area contributed by atoms with Gasteiger partial charge < -0.3 is 42.0 Å². The minimum Gasteiger partial charge on any atom is -0.481 e. The molecule has 10 N–H and O–H groups in total. The molecule has 3 amide bonds. The van der Waals surface area contributed by atoms with Crippen LogP contribution in [0.25, 0.3) is 0 Å². The van der Waals surface area contributed by atoms with Crippen molar-refractivity contribution < 1.29 is 43.7 Å². The summed E-state index contributed by atoms with van der Waals surface area (Å²) in [4.78, 5) is 53.2. The Balaban J connectivity index is 0. The van der Waals surface area contributed by atoms with Gasteiger partial charge in [-0.2, -0.15) is 0 Å². The molecule has 0 aliphatic rings. The van der Waals surface area contributed by atoms with Crippen molar-refractivity contribution in [2.24, 2.45) is 11.6 Å². The SMILES string of the molecule is CNC(=O)NC(CCC(=O)O)C(=O)O.N/C(=C\N(N)CC(=O)NCCCCCC(=O)O)CCCF. The molecular weight excluding hydrogens is 471 g/mol. The fourth-order valence-corrected chi connectivity index (χ4v) is 2.38. The molecule has 0 bridgehead atoms. The molecule has 35 heavy (non-hydrogen) atoms. The van der Waals surface area contributed by atoms with Gasteiger partial charge in [0, 0.05) is 38.3 Å². The van der Waals surface area contributed by atoms with Crippen LogP contribution in [0.2, 0.25) is 0 Å². The Kier molecular flexibility index (Phi) is 20.1. The number of carbonyl (C=O) groups excluding carboxylic acids is 2. The second-order valence-corrected chi connectivity index (χ2v) is 7.27. The van der Waals surface area contributed by atoms with Crippen LogP contribution in [0.4, 0.5) is 9.18 Å². The maximum atomic E-state index is 11.9. The predicted octanol–water partition coefficient (Wildman–Crippen LogP) is -0.293. The Labute approximate surface area is 202 Å². The summed E-state index contributed by atoms with van der Waals surface area (Å²) in [6, 6.07) is -1.83. The minimum atomic E-state index is -1.25. The molecule has 0 rings (SSSR count). The molecule has 0 aromatic rings. The van der Waals surface area contributed by atoms with E-state index in [0.717, 1.165) is 17.9 Å². The fraction of sp³-hybridized carbons (Fsp3) is 0.650. The van der Waals surface area contributed by atoms with E-state index in [1.165, 1.54) is 13.2 Å². The van der Waals surface area contributed by atoms with Crippen molar-refractivity contribution in [3.8, 4) is 0 Å². The third kappa shape index (κ3) is 23.3. The van der Waals surface area contributed by atoms with Gasteiger partial charge >= 0.3 is 23.9 Å². The first-order valence-electron chi connectivity index (χ1n) is 10.9. The maximum Gasteiger partial charge on any atom is 0.326 e. The molecule has 0 aliphatic carbocycles. The number of nitrogens with two attached hydrogens (primary N) is 2. The van der Waals surface area contributed by atoms with Crippen molar-refractivity contribution in [3.63, 3.8) is 0 Å². The van der Waals surface area contributed by atoms with Crippen LogP contribution in [-0.2, 0) is 19.2 Å². The average molecular weight is 509 g/mol. The summed E-state index contributed by atoms with van der Waals surface area (Å²) < 4.78 is 11.9. The molecule has 0 heterocycles. The molecule has 14 nitrogen and oxygen atoms in total. The van der Waals surface area contributed by atoms with Crippen LogP contribution >= 0.6 is 0 Å². The first-order valence-corrected chi connectivity index (χ1v) is 10.9. The van der Waals surface area contributed by atoms with E-state index in [9.17, 15) is 28.4 Å². The number of hydrazine groups is 1. The first kappa shape index (κ1) is 33.6. The number of allylic oxidation sites excluding steroid dienone is 1. The van der Waals surface area contributed by atoms with Crippen LogP contribution in [0.1, 0.15) is 51.4 Å². The molecular formula is C20H37FN6O8. The largest absolute Gasteiger partial charge is 0.481 e. The molecule has 0 spiro atoms. The van der Waals surface area contributed by atoms with Gasteiger partial charge in [0.05, 0.1) is 6.67 Å². The summed E-state index contributed by atoms with van der Waals surface area (Å²) in [7, 11) is 1.34. The van der Waals surface area contributed by atoms with Crippen molar-refractivity contribution in [1.82, 2.24) is 21.0 Å². The van der Waals surface area contributed by atoms with E-state index in [1.54, 1.807) is 0 Å². The van der Waals surface area contributed by atoms with Crippen LogP contribution in [0.15, 0.2) is 11.9 Å². The second kappa shape index (κ2) is 20.9. The van der Waals surface area contributed by atoms with Crippen molar-refractivity contribution in [2.45, 2.75) is 57.4 Å². The third-order valence-electron chi connectivity index (χ3n) is 4.12. The van der Waals surface area contributed by atoms with E-state index in [-0.39, 0.29) is 31.7 Å². The lowest BCUT2D eigenvalue weighted by atomic mass is 10.1. The van der Waals surface area contributed by atoms with Crippen molar-refractivity contribution in [1.29, 1.82) is 0 Å². The van der Waals surface area contributed by atoms with Gasteiger partial charge in [-0.3, -0.25) is 18.8 Å². The molecule has 1 unspecified atom stereocenters. The van der Waals surface area contributed by atoms with Gasteiger partial charge in [-0.25, -0.2) is 15.4 Å². The number of carboxylic acids is 3. The molecule has 1 atom stereocenters. The van der Waals surface area contributed by atoms with Gasteiger partial charge in [-0.05, 0) is 32.1 Å². The maximum absolute atomic E-state index is 11.9. The van der Waals surface area contributed by atoms with Crippen LogP contribution in [0.3, 0.4) is 0 Å².